The van der Waals surface area contributed by atoms with Gasteiger partial charge in [0, 0.05) is 0 Å². The molecule has 9 heavy (non-hydrogen) atoms. The van der Waals surface area contributed by atoms with Crippen LogP contribution in [0.3, 0.4) is 0 Å². The molecular formula is C7H13IN-. The second-order valence-corrected chi connectivity index (χ2v) is 4.92. The average Bonchev–Trinajstić information content (AvgIpc) is 2.66. The quantitative estimate of drug-likeness (QED) is 0.258. The van der Waals surface area contributed by atoms with Gasteiger partial charge in [-0.3, -0.25) is 0 Å². The molecule has 0 aromatic rings. The minimum absolute atomic E-state index is 0.397. The molecule has 0 aromatic carbocycles. The van der Waals surface area contributed by atoms with Crippen LogP contribution in [-0.4, -0.2) is 15.0 Å². The van der Waals surface area contributed by atoms with E-state index >= 15 is 0 Å². The van der Waals surface area contributed by atoms with E-state index in [4.69, 9.17) is 0 Å². The Morgan fingerprint density at radius 2 is 2.33 bits per heavy atom. The van der Waals surface area contributed by atoms with E-state index in [-0.39, 0.29) is 0 Å². The van der Waals surface area contributed by atoms with Crippen molar-refractivity contribution < 1.29 is 21.2 Å². The normalized spacial score (nSPS) is 20.7. The van der Waals surface area contributed by atoms with Gasteiger partial charge in [-0.25, -0.2) is 0 Å². The summed E-state index contributed by atoms with van der Waals surface area (Å²) in [6.45, 7) is 2.25. The van der Waals surface area contributed by atoms with Gasteiger partial charge in [-0.1, -0.05) is 0 Å². The maximum atomic E-state index is 3.53. The van der Waals surface area contributed by atoms with Crippen molar-refractivity contribution >= 4 is 0 Å². The molecule has 0 aromatic heterocycles. The molecule has 0 saturated carbocycles. The zero-order valence-corrected chi connectivity index (χ0v) is 8.05. The van der Waals surface area contributed by atoms with Gasteiger partial charge in [0.25, 0.3) is 0 Å². The molecule has 0 aliphatic heterocycles. The summed E-state index contributed by atoms with van der Waals surface area (Å²) in [7, 11) is 0. The third-order valence-electron chi connectivity index (χ3n) is 1.38. The van der Waals surface area contributed by atoms with Crippen LogP contribution >= 0.6 is 0 Å². The second kappa shape index (κ2) is 3.56. The van der Waals surface area contributed by atoms with Gasteiger partial charge in [-0.05, 0) is 0 Å². The SMILES string of the molecule is CC[C@@H](NC1C=C1)[I-]C. The molecule has 1 aliphatic rings. The molecule has 0 unspecified atom stereocenters. The minimum atomic E-state index is 0.397. The van der Waals surface area contributed by atoms with Gasteiger partial charge < -0.3 is 0 Å². The van der Waals surface area contributed by atoms with Crippen LogP contribution in [0.25, 0.3) is 0 Å². The molecule has 0 saturated heterocycles. The second-order valence-electron chi connectivity index (χ2n) is 2.17. The van der Waals surface area contributed by atoms with Crippen LogP contribution in [0, 0.1) is 0 Å². The summed E-state index contributed by atoms with van der Waals surface area (Å²) in [6.07, 6.45) is 5.71. The Kier molecular flexibility index (Phi) is 2.98. The van der Waals surface area contributed by atoms with E-state index in [0.717, 1.165) is 4.05 Å². The van der Waals surface area contributed by atoms with Crippen LogP contribution in [0.4, 0.5) is 0 Å². The Morgan fingerprint density at radius 3 is 2.67 bits per heavy atom. The van der Waals surface area contributed by atoms with E-state index < -0.39 is 0 Å². The fourth-order valence-electron chi connectivity index (χ4n) is 0.711. The van der Waals surface area contributed by atoms with E-state index in [0.29, 0.717) is 27.2 Å². The number of nitrogens with one attached hydrogen (secondary N) is 1. The van der Waals surface area contributed by atoms with Gasteiger partial charge in [-0.2, -0.15) is 0 Å². The van der Waals surface area contributed by atoms with Crippen LogP contribution in [0.15, 0.2) is 12.2 Å². The molecule has 1 rings (SSSR count). The number of alkyl halides is 2. The first-order valence-corrected chi connectivity index (χ1v) is 6.69. The van der Waals surface area contributed by atoms with Crippen molar-refractivity contribution in [2.24, 2.45) is 0 Å². The summed E-state index contributed by atoms with van der Waals surface area (Å²) in [4.78, 5) is 2.34. The van der Waals surface area contributed by atoms with Crippen molar-refractivity contribution in [1.82, 2.24) is 5.32 Å². The van der Waals surface area contributed by atoms with Crippen molar-refractivity contribution in [1.29, 1.82) is 0 Å². The Bertz CT molecular complexity index is 101. The predicted octanol–water partition coefficient (Wildman–Crippen LogP) is -2.03. The fourth-order valence-corrected chi connectivity index (χ4v) is 2.37. The van der Waals surface area contributed by atoms with Gasteiger partial charge in [-0.15, -0.1) is 0 Å². The molecule has 0 spiro atoms. The van der Waals surface area contributed by atoms with Crippen molar-refractivity contribution in [3.63, 3.8) is 0 Å². The Labute approximate surface area is 67.2 Å². The van der Waals surface area contributed by atoms with E-state index in [9.17, 15) is 0 Å². The van der Waals surface area contributed by atoms with Gasteiger partial charge in [0.05, 0.1) is 0 Å². The molecule has 1 N–H and O–H groups in total. The zero-order valence-electron chi connectivity index (χ0n) is 5.89. The molecule has 2 heteroatoms. The van der Waals surface area contributed by atoms with Crippen LogP contribution in [0.2, 0.25) is 0 Å². The number of hydrogen-bond acceptors (Lipinski definition) is 1. The summed E-state index contributed by atoms with van der Waals surface area (Å²) < 4.78 is 0.837. The van der Waals surface area contributed by atoms with Crippen LogP contribution in [0.1, 0.15) is 13.3 Å². The predicted molar refractivity (Wildman–Crippen MR) is 36.1 cm³/mol. The average molecular weight is 238 g/mol. The van der Waals surface area contributed by atoms with Gasteiger partial charge in [0.15, 0.2) is 0 Å². The Morgan fingerprint density at radius 1 is 1.67 bits per heavy atom. The number of hydrogen-bond donors (Lipinski definition) is 1. The molecule has 1 atom stereocenters. The maximum absolute atomic E-state index is 3.53. The van der Waals surface area contributed by atoms with E-state index in [1.807, 2.05) is 0 Å². The summed E-state index contributed by atoms with van der Waals surface area (Å²) in [5.74, 6) is 0. The summed E-state index contributed by atoms with van der Waals surface area (Å²) >= 11 is 0.397. The van der Waals surface area contributed by atoms with Gasteiger partial charge in [0.2, 0.25) is 0 Å². The first-order valence-electron chi connectivity index (χ1n) is 3.29. The molecule has 1 aliphatic carbocycles. The van der Waals surface area contributed by atoms with Crippen molar-refractivity contribution in [3.8, 4) is 0 Å². The third kappa shape index (κ3) is 2.67. The molecule has 54 valence electrons. The molecule has 0 amide bonds. The van der Waals surface area contributed by atoms with Crippen LogP contribution < -0.4 is 26.5 Å². The Balaban J connectivity index is 2.06. The monoisotopic (exact) mass is 238 g/mol. The molecule has 0 bridgehead atoms. The van der Waals surface area contributed by atoms with Gasteiger partial charge in [0.1, 0.15) is 0 Å². The first-order chi connectivity index (χ1) is 4.36. The third-order valence-corrected chi connectivity index (χ3v) is 4.12. The van der Waals surface area contributed by atoms with Crippen molar-refractivity contribution in [2.75, 3.05) is 4.93 Å². The molecule has 1 nitrogen and oxygen atoms in total. The van der Waals surface area contributed by atoms with E-state index in [1.54, 1.807) is 0 Å². The Hall–Kier alpha value is 0.430. The van der Waals surface area contributed by atoms with Crippen LogP contribution in [0.5, 0.6) is 0 Å². The topological polar surface area (TPSA) is 12.0 Å². The standard InChI is InChI=1S/C7H13IN/c1-3-7(8-2)9-6-4-5-6/h4-7,9H,3H2,1-2H3/q-1/t7-/m1/s1. The van der Waals surface area contributed by atoms with E-state index in [2.05, 4.69) is 29.3 Å². The van der Waals surface area contributed by atoms with E-state index in [1.165, 1.54) is 6.42 Å². The van der Waals surface area contributed by atoms with Crippen molar-refractivity contribution in [2.45, 2.75) is 23.4 Å². The summed E-state index contributed by atoms with van der Waals surface area (Å²) in [5.41, 5.74) is 0. The van der Waals surface area contributed by atoms with Gasteiger partial charge >= 0.3 is 67.0 Å². The molecule has 0 fully saturated rings. The molecule has 0 radical (unpaired) electrons. The van der Waals surface area contributed by atoms with Crippen molar-refractivity contribution in [3.05, 3.63) is 12.2 Å². The summed E-state index contributed by atoms with van der Waals surface area (Å²) in [6, 6.07) is 0.662. The summed E-state index contributed by atoms with van der Waals surface area (Å²) in [5, 5.41) is 3.53. The van der Waals surface area contributed by atoms with Crippen LogP contribution in [-0.2, 0) is 0 Å². The first kappa shape index (κ1) is 7.54. The molecular weight excluding hydrogens is 225 g/mol. The molecule has 0 heterocycles. The fraction of sp³-hybridized carbons (Fsp3) is 0.714. The number of halogens is 1. The zero-order chi connectivity index (χ0) is 6.69. The number of rotatable bonds is 4.